The normalized spacial score (nSPS) is 12.2. The summed E-state index contributed by atoms with van der Waals surface area (Å²) in [6, 6.07) is 3.26. The number of carbonyl (C=O) groups is 1. The van der Waals surface area contributed by atoms with Crippen molar-refractivity contribution in [1.29, 1.82) is 0 Å². The van der Waals surface area contributed by atoms with Gasteiger partial charge >= 0.3 is 6.18 Å². The molecule has 1 aromatic heterocycles. The number of aromatic nitrogens is 1. The van der Waals surface area contributed by atoms with Crippen LogP contribution in [0.3, 0.4) is 0 Å². The highest BCUT2D eigenvalue weighted by Crippen LogP contribution is 2.21. The minimum Gasteiger partial charge on any atom is -0.409 e. The van der Waals surface area contributed by atoms with Crippen molar-refractivity contribution in [3.05, 3.63) is 30.1 Å². The molecule has 0 fully saturated rings. The van der Waals surface area contributed by atoms with Gasteiger partial charge in [0.25, 0.3) is 0 Å². The molecule has 3 N–H and O–H groups in total. The van der Waals surface area contributed by atoms with Crippen LogP contribution in [0, 0.1) is 0 Å². The molecule has 0 atom stereocenters. The van der Waals surface area contributed by atoms with E-state index in [1.165, 1.54) is 12.4 Å². The zero-order chi connectivity index (χ0) is 15.9. The molecule has 0 spiro atoms. The molecule has 1 heterocycles. The Hall–Kier alpha value is -2.32. The molecule has 0 aliphatic carbocycles. The van der Waals surface area contributed by atoms with Crippen molar-refractivity contribution in [3.8, 4) is 0 Å². The minimum absolute atomic E-state index is 0.0263. The first kappa shape index (κ1) is 16.7. The number of amidine groups is 1. The first-order valence-electron chi connectivity index (χ1n) is 6.01. The van der Waals surface area contributed by atoms with Crippen molar-refractivity contribution in [2.45, 2.75) is 25.6 Å². The molecule has 1 aromatic rings. The number of nitrogens with two attached hydrogens (primary N) is 1. The number of carbonyl (C=O) groups excluding carboxylic acids is 1. The van der Waals surface area contributed by atoms with E-state index in [-0.39, 0.29) is 25.3 Å². The van der Waals surface area contributed by atoms with Crippen LogP contribution in [0.5, 0.6) is 0 Å². The smallest absolute Gasteiger partial charge is 0.397 e. The number of oxime groups is 1. The van der Waals surface area contributed by atoms with E-state index in [1.54, 1.807) is 12.1 Å². The van der Waals surface area contributed by atoms with Crippen molar-refractivity contribution >= 4 is 11.7 Å². The van der Waals surface area contributed by atoms with Crippen LogP contribution < -0.4 is 5.73 Å². The van der Waals surface area contributed by atoms with Gasteiger partial charge in [-0.1, -0.05) is 11.2 Å². The maximum atomic E-state index is 12.3. The molecule has 0 aliphatic heterocycles. The monoisotopic (exact) mass is 304 g/mol. The highest BCUT2D eigenvalue weighted by atomic mass is 19.4. The second-order valence-corrected chi connectivity index (χ2v) is 4.31. The lowest BCUT2D eigenvalue weighted by molar-refractivity contribution is -0.161. The van der Waals surface area contributed by atoms with Crippen LogP contribution in [0.2, 0.25) is 0 Å². The van der Waals surface area contributed by atoms with Gasteiger partial charge in [0.15, 0.2) is 0 Å². The molecule has 9 heteroatoms. The van der Waals surface area contributed by atoms with Gasteiger partial charge in [0, 0.05) is 31.9 Å². The number of hydrogen-bond donors (Lipinski definition) is 2. The van der Waals surface area contributed by atoms with Gasteiger partial charge in [-0.2, -0.15) is 13.2 Å². The van der Waals surface area contributed by atoms with Gasteiger partial charge < -0.3 is 15.8 Å². The van der Waals surface area contributed by atoms with Crippen LogP contribution in [-0.4, -0.2) is 39.6 Å². The summed E-state index contributed by atoms with van der Waals surface area (Å²) in [4.78, 5) is 16.5. The Balaban J connectivity index is 2.76. The first-order chi connectivity index (χ1) is 9.81. The lowest BCUT2D eigenvalue weighted by atomic mass is 10.2. The number of hydrogen-bond acceptors (Lipinski definition) is 4. The standard InChI is InChI=1S/C12H15F3N4O2/c13-12(14,15)6-11(20)19(5-3-10(16)18-21)8-9-2-1-4-17-7-9/h1-2,4,7,21H,3,5-6,8H2,(H2,16,18). The Morgan fingerprint density at radius 2 is 2.19 bits per heavy atom. The van der Waals surface area contributed by atoms with Gasteiger partial charge in [-0.15, -0.1) is 0 Å². The third kappa shape index (κ3) is 6.59. The molecular weight excluding hydrogens is 289 g/mol. The summed E-state index contributed by atoms with van der Waals surface area (Å²) in [6.07, 6.45) is -3.19. The summed E-state index contributed by atoms with van der Waals surface area (Å²) >= 11 is 0. The molecule has 6 nitrogen and oxygen atoms in total. The molecule has 0 saturated heterocycles. The van der Waals surface area contributed by atoms with Crippen LogP contribution in [0.1, 0.15) is 18.4 Å². The minimum atomic E-state index is -4.58. The fourth-order valence-electron chi connectivity index (χ4n) is 1.59. The Labute approximate surface area is 119 Å². The fraction of sp³-hybridized carbons (Fsp3) is 0.417. The first-order valence-corrected chi connectivity index (χ1v) is 6.01. The molecule has 116 valence electrons. The number of rotatable bonds is 6. The SMILES string of the molecule is N/C(CCN(Cc1cccnc1)C(=O)CC(F)(F)F)=N/O. The van der Waals surface area contributed by atoms with Crippen LogP contribution in [0.25, 0.3) is 0 Å². The van der Waals surface area contributed by atoms with Crippen molar-refractivity contribution in [1.82, 2.24) is 9.88 Å². The number of nitrogens with zero attached hydrogens (tertiary/aromatic N) is 3. The highest BCUT2D eigenvalue weighted by Gasteiger charge is 2.33. The van der Waals surface area contributed by atoms with Crippen molar-refractivity contribution in [2.75, 3.05) is 6.54 Å². The second kappa shape index (κ2) is 7.46. The van der Waals surface area contributed by atoms with E-state index in [2.05, 4.69) is 10.1 Å². The third-order valence-electron chi connectivity index (χ3n) is 2.57. The third-order valence-corrected chi connectivity index (χ3v) is 2.57. The molecular formula is C12H15F3N4O2. The number of alkyl halides is 3. The zero-order valence-corrected chi connectivity index (χ0v) is 11.0. The molecule has 1 amide bonds. The van der Waals surface area contributed by atoms with E-state index >= 15 is 0 Å². The van der Waals surface area contributed by atoms with E-state index < -0.39 is 18.5 Å². The van der Waals surface area contributed by atoms with E-state index in [0.717, 1.165) is 4.90 Å². The molecule has 0 unspecified atom stereocenters. The van der Waals surface area contributed by atoms with E-state index in [4.69, 9.17) is 10.9 Å². The Bertz CT molecular complexity index is 491. The Morgan fingerprint density at radius 1 is 1.48 bits per heavy atom. The van der Waals surface area contributed by atoms with Gasteiger partial charge in [-0.05, 0) is 11.6 Å². The molecule has 0 bridgehead atoms. The summed E-state index contributed by atoms with van der Waals surface area (Å²) in [6.45, 7) is -0.110. The molecule has 0 aromatic carbocycles. The molecule has 0 aliphatic rings. The van der Waals surface area contributed by atoms with Crippen LogP contribution in [0.4, 0.5) is 13.2 Å². The predicted octanol–water partition coefficient (Wildman–Crippen LogP) is 1.50. The lowest BCUT2D eigenvalue weighted by Crippen LogP contribution is -2.36. The molecule has 21 heavy (non-hydrogen) atoms. The van der Waals surface area contributed by atoms with Crippen molar-refractivity contribution in [3.63, 3.8) is 0 Å². The zero-order valence-electron chi connectivity index (χ0n) is 11.0. The van der Waals surface area contributed by atoms with Gasteiger partial charge in [-0.3, -0.25) is 9.78 Å². The average molecular weight is 304 g/mol. The summed E-state index contributed by atoms with van der Waals surface area (Å²) in [5, 5.41) is 11.2. The Kier molecular flexibility index (Phi) is 5.94. The van der Waals surface area contributed by atoms with E-state index in [9.17, 15) is 18.0 Å². The number of halogens is 3. The van der Waals surface area contributed by atoms with E-state index in [1.807, 2.05) is 0 Å². The van der Waals surface area contributed by atoms with Crippen molar-refractivity contribution < 1.29 is 23.2 Å². The lowest BCUT2D eigenvalue weighted by Gasteiger charge is -2.23. The number of pyridine rings is 1. The largest absolute Gasteiger partial charge is 0.409 e. The van der Waals surface area contributed by atoms with Crippen LogP contribution >= 0.6 is 0 Å². The van der Waals surface area contributed by atoms with Gasteiger partial charge in [0.1, 0.15) is 12.3 Å². The van der Waals surface area contributed by atoms with E-state index in [0.29, 0.717) is 5.56 Å². The second-order valence-electron chi connectivity index (χ2n) is 4.31. The van der Waals surface area contributed by atoms with Gasteiger partial charge in [0.2, 0.25) is 5.91 Å². The van der Waals surface area contributed by atoms with Gasteiger partial charge in [0.05, 0.1) is 0 Å². The summed E-state index contributed by atoms with van der Waals surface area (Å²) in [7, 11) is 0. The summed E-state index contributed by atoms with van der Waals surface area (Å²) in [5.74, 6) is -1.23. The average Bonchev–Trinajstić information content (AvgIpc) is 2.42. The maximum Gasteiger partial charge on any atom is 0.397 e. The van der Waals surface area contributed by atoms with Crippen LogP contribution in [0.15, 0.2) is 29.7 Å². The summed E-state index contributed by atoms with van der Waals surface area (Å²) < 4.78 is 37.0. The highest BCUT2D eigenvalue weighted by molar-refractivity contribution is 5.81. The Morgan fingerprint density at radius 3 is 2.71 bits per heavy atom. The quantitative estimate of drug-likeness (QED) is 0.360. The predicted molar refractivity (Wildman–Crippen MR) is 68.4 cm³/mol. The van der Waals surface area contributed by atoms with Crippen molar-refractivity contribution in [2.24, 2.45) is 10.9 Å². The summed E-state index contributed by atoms with van der Waals surface area (Å²) in [5.41, 5.74) is 5.86. The number of amides is 1. The molecule has 0 saturated carbocycles. The van der Waals surface area contributed by atoms with Crippen LogP contribution in [-0.2, 0) is 11.3 Å². The topological polar surface area (TPSA) is 91.8 Å². The molecule has 1 rings (SSSR count). The fourth-order valence-corrected chi connectivity index (χ4v) is 1.59. The molecule has 0 radical (unpaired) electrons. The van der Waals surface area contributed by atoms with Gasteiger partial charge in [-0.25, -0.2) is 0 Å². The maximum absolute atomic E-state index is 12.3.